The van der Waals surface area contributed by atoms with Crippen molar-refractivity contribution < 1.29 is 12.8 Å². The summed E-state index contributed by atoms with van der Waals surface area (Å²) in [5.41, 5.74) is 6.85. The summed E-state index contributed by atoms with van der Waals surface area (Å²) in [5, 5.41) is 0. The third kappa shape index (κ3) is 2.58. The molecule has 3 rings (SSSR count). The van der Waals surface area contributed by atoms with Crippen LogP contribution in [-0.2, 0) is 10.0 Å². The van der Waals surface area contributed by atoms with Gasteiger partial charge in [0.2, 0.25) is 0 Å². The number of anilines is 2. The Morgan fingerprint density at radius 2 is 1.86 bits per heavy atom. The van der Waals surface area contributed by atoms with Crippen molar-refractivity contribution in [2.24, 2.45) is 0 Å². The molecule has 21 heavy (non-hydrogen) atoms. The molecule has 0 aromatic heterocycles. The lowest BCUT2D eigenvalue weighted by atomic mass is 10.3. The lowest BCUT2D eigenvalue weighted by Crippen LogP contribution is -2.35. The van der Waals surface area contributed by atoms with Crippen LogP contribution in [0.4, 0.5) is 15.8 Å². The summed E-state index contributed by atoms with van der Waals surface area (Å²) in [7, 11) is -3.71. The highest BCUT2D eigenvalue weighted by Crippen LogP contribution is 2.38. The summed E-state index contributed by atoms with van der Waals surface area (Å²) in [6.07, 6.45) is 0. The van der Waals surface area contributed by atoms with Crippen molar-refractivity contribution in [3.63, 3.8) is 0 Å². The lowest BCUT2D eigenvalue weighted by molar-refractivity contribution is 0.590. The zero-order chi connectivity index (χ0) is 15.0. The van der Waals surface area contributed by atoms with Crippen LogP contribution < -0.4 is 10.0 Å². The van der Waals surface area contributed by atoms with Gasteiger partial charge in [0.05, 0.1) is 10.6 Å². The molecular formula is C14H13FN2O2S2. The molecule has 0 unspecified atom stereocenters. The molecule has 1 heterocycles. The third-order valence-corrected chi connectivity index (χ3v) is 6.08. The molecular weight excluding hydrogens is 311 g/mol. The molecule has 2 aromatic rings. The fraction of sp³-hybridized carbons (Fsp3) is 0.143. The smallest absolute Gasteiger partial charge is 0.264 e. The maximum absolute atomic E-state index is 13.0. The SMILES string of the molecule is Nc1ccc2c(c1)N(S(=O)(=O)c1ccc(F)cc1)CCS2. The van der Waals surface area contributed by atoms with Gasteiger partial charge in [-0.3, -0.25) is 4.31 Å². The van der Waals surface area contributed by atoms with Crippen molar-refractivity contribution in [1.82, 2.24) is 0 Å². The number of sulfonamides is 1. The standard InChI is InChI=1S/C14H13FN2O2S2/c15-10-1-4-12(5-2-10)21(18,19)17-7-8-20-14-6-3-11(16)9-13(14)17/h1-6,9H,7-8,16H2. The molecule has 1 aliphatic rings. The average molecular weight is 324 g/mol. The predicted molar refractivity (Wildman–Crippen MR) is 82.5 cm³/mol. The molecule has 2 N–H and O–H groups in total. The van der Waals surface area contributed by atoms with Gasteiger partial charge in [0, 0.05) is 22.9 Å². The molecule has 4 nitrogen and oxygen atoms in total. The van der Waals surface area contributed by atoms with Crippen LogP contribution in [0.15, 0.2) is 52.3 Å². The van der Waals surface area contributed by atoms with Crippen LogP contribution in [0.3, 0.4) is 0 Å². The molecule has 1 aliphatic heterocycles. The topological polar surface area (TPSA) is 63.4 Å². The van der Waals surface area contributed by atoms with E-state index in [9.17, 15) is 12.8 Å². The molecule has 110 valence electrons. The Bertz CT molecular complexity index is 776. The van der Waals surface area contributed by atoms with E-state index in [-0.39, 0.29) is 4.90 Å². The Morgan fingerprint density at radius 1 is 1.14 bits per heavy atom. The van der Waals surface area contributed by atoms with Crippen LogP contribution in [0.2, 0.25) is 0 Å². The van der Waals surface area contributed by atoms with Crippen LogP contribution in [0.25, 0.3) is 0 Å². The largest absolute Gasteiger partial charge is 0.399 e. The fourth-order valence-electron chi connectivity index (χ4n) is 2.19. The van der Waals surface area contributed by atoms with Gasteiger partial charge >= 0.3 is 0 Å². The van der Waals surface area contributed by atoms with Crippen LogP contribution in [0, 0.1) is 5.82 Å². The van der Waals surface area contributed by atoms with Crippen LogP contribution >= 0.6 is 11.8 Å². The Balaban J connectivity index is 2.09. The molecule has 0 radical (unpaired) electrons. The van der Waals surface area contributed by atoms with Crippen molar-refractivity contribution in [2.45, 2.75) is 9.79 Å². The Hall–Kier alpha value is -1.73. The Morgan fingerprint density at radius 3 is 2.57 bits per heavy atom. The van der Waals surface area contributed by atoms with Gasteiger partial charge in [-0.2, -0.15) is 0 Å². The second-order valence-corrected chi connectivity index (χ2v) is 7.61. The Labute approximate surface area is 126 Å². The van der Waals surface area contributed by atoms with Gasteiger partial charge in [0.25, 0.3) is 10.0 Å². The molecule has 0 saturated carbocycles. The van der Waals surface area contributed by atoms with Crippen LogP contribution in [-0.4, -0.2) is 20.7 Å². The maximum atomic E-state index is 13.0. The van der Waals surface area contributed by atoms with E-state index in [1.54, 1.807) is 23.9 Å². The molecule has 7 heteroatoms. The number of hydrogen-bond donors (Lipinski definition) is 1. The zero-order valence-corrected chi connectivity index (χ0v) is 12.6. The number of rotatable bonds is 2. The van der Waals surface area contributed by atoms with E-state index in [1.807, 2.05) is 6.07 Å². The van der Waals surface area contributed by atoms with Crippen molar-refractivity contribution in [1.29, 1.82) is 0 Å². The van der Waals surface area contributed by atoms with Crippen LogP contribution in [0.5, 0.6) is 0 Å². The van der Waals surface area contributed by atoms with Gasteiger partial charge in [-0.15, -0.1) is 11.8 Å². The number of thioether (sulfide) groups is 1. The van der Waals surface area contributed by atoms with Crippen molar-refractivity contribution in [3.05, 3.63) is 48.3 Å². The molecule has 0 bridgehead atoms. The van der Waals surface area contributed by atoms with E-state index in [4.69, 9.17) is 5.73 Å². The van der Waals surface area contributed by atoms with E-state index < -0.39 is 15.8 Å². The first-order valence-corrected chi connectivity index (χ1v) is 8.72. The fourth-order valence-corrected chi connectivity index (χ4v) is 4.82. The van der Waals surface area contributed by atoms with Gasteiger partial charge in [-0.05, 0) is 42.5 Å². The Kier molecular flexibility index (Phi) is 3.54. The van der Waals surface area contributed by atoms with E-state index in [2.05, 4.69) is 0 Å². The first-order chi connectivity index (χ1) is 9.98. The lowest BCUT2D eigenvalue weighted by Gasteiger charge is -2.30. The number of nitrogens with zero attached hydrogens (tertiary/aromatic N) is 1. The van der Waals surface area contributed by atoms with Gasteiger partial charge in [-0.25, -0.2) is 12.8 Å². The van der Waals surface area contributed by atoms with E-state index in [0.717, 1.165) is 17.0 Å². The molecule has 0 aliphatic carbocycles. The molecule has 2 aromatic carbocycles. The molecule has 0 fully saturated rings. The molecule has 0 atom stereocenters. The normalized spacial score (nSPS) is 14.8. The summed E-state index contributed by atoms with van der Waals surface area (Å²) in [6, 6.07) is 10.1. The monoisotopic (exact) mass is 324 g/mol. The van der Waals surface area contributed by atoms with E-state index in [0.29, 0.717) is 23.7 Å². The summed E-state index contributed by atoms with van der Waals surface area (Å²) in [6.45, 7) is 0.362. The van der Waals surface area contributed by atoms with E-state index in [1.165, 1.54) is 16.4 Å². The third-order valence-electron chi connectivity index (χ3n) is 3.21. The summed E-state index contributed by atoms with van der Waals surface area (Å²) in [5.74, 6) is 0.199. The van der Waals surface area contributed by atoms with Crippen molar-refractivity contribution >= 4 is 33.2 Å². The summed E-state index contributed by atoms with van der Waals surface area (Å²) >= 11 is 1.59. The zero-order valence-electron chi connectivity index (χ0n) is 11.0. The van der Waals surface area contributed by atoms with Gasteiger partial charge < -0.3 is 5.73 Å². The average Bonchev–Trinajstić information content (AvgIpc) is 2.47. The highest BCUT2D eigenvalue weighted by molar-refractivity contribution is 8.00. The number of halogens is 1. The predicted octanol–water partition coefficient (Wildman–Crippen LogP) is 2.71. The van der Waals surface area contributed by atoms with Crippen LogP contribution in [0.1, 0.15) is 0 Å². The first-order valence-electron chi connectivity index (χ1n) is 6.29. The van der Waals surface area contributed by atoms with E-state index >= 15 is 0 Å². The minimum atomic E-state index is -3.71. The number of hydrogen-bond acceptors (Lipinski definition) is 4. The quantitative estimate of drug-likeness (QED) is 0.863. The minimum Gasteiger partial charge on any atom is -0.399 e. The molecule has 0 saturated heterocycles. The number of nitrogen functional groups attached to an aromatic ring is 1. The highest BCUT2D eigenvalue weighted by Gasteiger charge is 2.29. The molecule has 0 spiro atoms. The summed E-state index contributed by atoms with van der Waals surface area (Å²) in [4.78, 5) is 0.949. The summed E-state index contributed by atoms with van der Waals surface area (Å²) < 4.78 is 39.8. The van der Waals surface area contributed by atoms with Gasteiger partial charge in [0.15, 0.2) is 0 Å². The van der Waals surface area contributed by atoms with Gasteiger partial charge in [0.1, 0.15) is 5.82 Å². The highest BCUT2D eigenvalue weighted by atomic mass is 32.2. The second-order valence-electron chi connectivity index (χ2n) is 4.61. The first kappa shape index (κ1) is 14.2. The number of nitrogens with two attached hydrogens (primary N) is 1. The number of fused-ring (bicyclic) bond motifs is 1. The van der Waals surface area contributed by atoms with Crippen molar-refractivity contribution in [2.75, 3.05) is 22.3 Å². The van der Waals surface area contributed by atoms with Gasteiger partial charge in [-0.1, -0.05) is 0 Å². The second kappa shape index (κ2) is 5.23. The molecule has 0 amide bonds. The van der Waals surface area contributed by atoms with Crippen molar-refractivity contribution in [3.8, 4) is 0 Å². The maximum Gasteiger partial charge on any atom is 0.264 e. The minimum absolute atomic E-state index is 0.0733. The number of benzene rings is 2.